The molecule has 0 amide bonds. The van der Waals surface area contributed by atoms with Gasteiger partial charge in [0.25, 0.3) is 0 Å². The maximum atomic E-state index is 13.3. The van der Waals surface area contributed by atoms with E-state index in [1.165, 1.54) is 12.1 Å². The second-order valence-electron chi connectivity index (χ2n) is 3.72. The molecule has 0 aliphatic rings. The van der Waals surface area contributed by atoms with Gasteiger partial charge in [-0.3, -0.25) is 0 Å². The SMILES string of the molecule is CCSCCCOc1cc(F)cc(CNC)c1. The lowest BCUT2D eigenvalue weighted by Gasteiger charge is -2.08. The number of hydrogen-bond donors (Lipinski definition) is 1. The topological polar surface area (TPSA) is 21.3 Å². The summed E-state index contributed by atoms with van der Waals surface area (Å²) in [5, 5.41) is 3.00. The van der Waals surface area contributed by atoms with Crippen LogP contribution in [0.2, 0.25) is 0 Å². The number of ether oxygens (including phenoxy) is 1. The summed E-state index contributed by atoms with van der Waals surface area (Å²) in [4.78, 5) is 0. The molecule has 0 atom stereocenters. The van der Waals surface area contributed by atoms with Crippen LogP contribution >= 0.6 is 11.8 Å². The Balaban J connectivity index is 2.41. The van der Waals surface area contributed by atoms with Crippen molar-refractivity contribution in [2.45, 2.75) is 19.9 Å². The number of hydrogen-bond acceptors (Lipinski definition) is 3. The molecule has 0 heterocycles. The zero-order valence-corrected chi connectivity index (χ0v) is 11.3. The first-order valence-corrected chi connectivity index (χ1v) is 7.06. The molecule has 1 aromatic carbocycles. The quantitative estimate of drug-likeness (QED) is 0.723. The van der Waals surface area contributed by atoms with Crippen LogP contribution in [-0.4, -0.2) is 25.2 Å². The molecule has 0 unspecified atom stereocenters. The fraction of sp³-hybridized carbons (Fsp3) is 0.538. The van der Waals surface area contributed by atoms with Gasteiger partial charge in [-0.2, -0.15) is 11.8 Å². The van der Waals surface area contributed by atoms with Gasteiger partial charge in [-0.05, 0) is 42.7 Å². The molecule has 0 radical (unpaired) electrons. The normalized spacial score (nSPS) is 10.5. The fourth-order valence-corrected chi connectivity index (χ4v) is 2.12. The van der Waals surface area contributed by atoms with Crippen LogP contribution in [0.15, 0.2) is 18.2 Å². The van der Waals surface area contributed by atoms with Crippen molar-refractivity contribution in [3.05, 3.63) is 29.6 Å². The largest absolute Gasteiger partial charge is 0.493 e. The van der Waals surface area contributed by atoms with Crippen LogP contribution in [-0.2, 0) is 6.54 Å². The van der Waals surface area contributed by atoms with E-state index < -0.39 is 0 Å². The van der Waals surface area contributed by atoms with Crippen molar-refractivity contribution in [3.63, 3.8) is 0 Å². The second-order valence-corrected chi connectivity index (χ2v) is 5.12. The molecule has 0 aliphatic carbocycles. The van der Waals surface area contributed by atoms with Crippen molar-refractivity contribution in [1.82, 2.24) is 5.32 Å². The molecule has 0 saturated carbocycles. The third-order valence-electron chi connectivity index (χ3n) is 2.22. The standard InChI is InChI=1S/C13H20FNOS/c1-3-17-6-4-5-16-13-8-11(10-15-2)7-12(14)9-13/h7-9,15H,3-6,10H2,1-2H3. The number of halogens is 1. The van der Waals surface area contributed by atoms with Gasteiger partial charge in [0.05, 0.1) is 6.61 Å². The first kappa shape index (κ1) is 14.3. The van der Waals surface area contributed by atoms with Gasteiger partial charge in [0, 0.05) is 12.6 Å². The van der Waals surface area contributed by atoms with Gasteiger partial charge in [0.2, 0.25) is 0 Å². The Hall–Kier alpha value is -0.740. The highest BCUT2D eigenvalue weighted by Crippen LogP contribution is 2.17. The lowest BCUT2D eigenvalue weighted by Crippen LogP contribution is -2.06. The van der Waals surface area contributed by atoms with Crippen molar-refractivity contribution in [3.8, 4) is 5.75 Å². The zero-order chi connectivity index (χ0) is 12.5. The second kappa shape index (κ2) is 8.37. The molecule has 0 fully saturated rings. The summed E-state index contributed by atoms with van der Waals surface area (Å²) in [7, 11) is 1.84. The van der Waals surface area contributed by atoms with E-state index in [0.29, 0.717) is 18.9 Å². The van der Waals surface area contributed by atoms with Gasteiger partial charge in [0.1, 0.15) is 11.6 Å². The van der Waals surface area contributed by atoms with Crippen LogP contribution in [0.4, 0.5) is 4.39 Å². The predicted molar refractivity (Wildman–Crippen MR) is 72.3 cm³/mol. The van der Waals surface area contributed by atoms with Crippen LogP contribution in [0.3, 0.4) is 0 Å². The Labute approximate surface area is 107 Å². The minimum absolute atomic E-state index is 0.240. The van der Waals surface area contributed by atoms with E-state index >= 15 is 0 Å². The van der Waals surface area contributed by atoms with Gasteiger partial charge in [-0.15, -0.1) is 0 Å². The van der Waals surface area contributed by atoms with E-state index in [9.17, 15) is 4.39 Å². The molecular formula is C13H20FNOS. The molecule has 0 aliphatic heterocycles. The first-order chi connectivity index (χ1) is 8.26. The highest BCUT2D eigenvalue weighted by atomic mass is 32.2. The Morgan fingerprint density at radius 1 is 1.35 bits per heavy atom. The average Bonchev–Trinajstić information content (AvgIpc) is 2.28. The molecule has 4 heteroatoms. The van der Waals surface area contributed by atoms with Crippen molar-refractivity contribution in [2.75, 3.05) is 25.2 Å². The van der Waals surface area contributed by atoms with Crippen LogP contribution < -0.4 is 10.1 Å². The Bertz CT molecular complexity index is 333. The molecule has 2 nitrogen and oxygen atoms in total. The van der Waals surface area contributed by atoms with E-state index in [1.807, 2.05) is 24.9 Å². The molecule has 96 valence electrons. The van der Waals surface area contributed by atoms with E-state index in [1.54, 1.807) is 0 Å². The summed E-state index contributed by atoms with van der Waals surface area (Å²) in [5.74, 6) is 2.61. The summed E-state index contributed by atoms with van der Waals surface area (Å²) in [5.41, 5.74) is 0.908. The predicted octanol–water partition coefficient (Wildman–Crippen LogP) is 3.07. The van der Waals surface area contributed by atoms with Crippen molar-refractivity contribution in [1.29, 1.82) is 0 Å². The van der Waals surface area contributed by atoms with Crippen LogP contribution in [0.25, 0.3) is 0 Å². The minimum atomic E-state index is -0.240. The molecule has 0 aromatic heterocycles. The highest BCUT2D eigenvalue weighted by molar-refractivity contribution is 7.99. The average molecular weight is 257 g/mol. The molecule has 1 aromatic rings. The lowest BCUT2D eigenvalue weighted by atomic mass is 10.2. The van der Waals surface area contributed by atoms with Crippen molar-refractivity contribution >= 4 is 11.8 Å². The van der Waals surface area contributed by atoms with E-state index in [4.69, 9.17) is 4.74 Å². The van der Waals surface area contributed by atoms with E-state index in [2.05, 4.69) is 12.2 Å². The number of benzene rings is 1. The molecule has 1 rings (SSSR count). The van der Waals surface area contributed by atoms with Crippen LogP contribution in [0, 0.1) is 5.82 Å². The summed E-state index contributed by atoms with van der Waals surface area (Å²) >= 11 is 1.89. The number of rotatable bonds is 8. The Kier molecular flexibility index (Phi) is 7.05. The van der Waals surface area contributed by atoms with E-state index in [0.717, 1.165) is 23.5 Å². The number of thioether (sulfide) groups is 1. The third-order valence-corrected chi connectivity index (χ3v) is 3.20. The molecule has 0 spiro atoms. The Morgan fingerprint density at radius 3 is 2.88 bits per heavy atom. The molecule has 17 heavy (non-hydrogen) atoms. The van der Waals surface area contributed by atoms with Crippen molar-refractivity contribution in [2.24, 2.45) is 0 Å². The van der Waals surface area contributed by atoms with Crippen LogP contribution in [0.5, 0.6) is 5.75 Å². The number of nitrogens with one attached hydrogen (secondary N) is 1. The van der Waals surface area contributed by atoms with Gasteiger partial charge < -0.3 is 10.1 Å². The van der Waals surface area contributed by atoms with Crippen molar-refractivity contribution < 1.29 is 9.13 Å². The van der Waals surface area contributed by atoms with Gasteiger partial charge in [0.15, 0.2) is 0 Å². The zero-order valence-electron chi connectivity index (χ0n) is 10.5. The maximum absolute atomic E-state index is 13.3. The molecule has 1 N–H and O–H groups in total. The minimum Gasteiger partial charge on any atom is -0.493 e. The summed E-state index contributed by atoms with van der Waals surface area (Å²) < 4.78 is 18.8. The first-order valence-electron chi connectivity index (χ1n) is 5.91. The molecule has 0 bridgehead atoms. The highest BCUT2D eigenvalue weighted by Gasteiger charge is 2.01. The van der Waals surface area contributed by atoms with Gasteiger partial charge in [-0.1, -0.05) is 6.92 Å². The molecule has 0 saturated heterocycles. The third kappa shape index (κ3) is 5.94. The molecular weight excluding hydrogens is 237 g/mol. The summed E-state index contributed by atoms with van der Waals surface area (Å²) in [6.45, 7) is 3.44. The van der Waals surface area contributed by atoms with Crippen LogP contribution in [0.1, 0.15) is 18.9 Å². The maximum Gasteiger partial charge on any atom is 0.127 e. The van der Waals surface area contributed by atoms with E-state index in [-0.39, 0.29) is 5.82 Å². The monoisotopic (exact) mass is 257 g/mol. The Morgan fingerprint density at radius 2 is 2.18 bits per heavy atom. The van der Waals surface area contributed by atoms with Gasteiger partial charge in [-0.25, -0.2) is 4.39 Å². The lowest BCUT2D eigenvalue weighted by molar-refractivity contribution is 0.316. The van der Waals surface area contributed by atoms with Gasteiger partial charge >= 0.3 is 0 Å². The summed E-state index contributed by atoms with van der Waals surface area (Å²) in [6.07, 6.45) is 0.996. The smallest absolute Gasteiger partial charge is 0.127 e. The fourth-order valence-electron chi connectivity index (χ4n) is 1.51. The summed E-state index contributed by atoms with van der Waals surface area (Å²) in [6, 6.07) is 4.84.